The molecule has 0 aromatic rings. The summed E-state index contributed by atoms with van der Waals surface area (Å²) >= 11 is 0. The summed E-state index contributed by atoms with van der Waals surface area (Å²) in [6, 6.07) is 1.29. The first-order valence-corrected chi connectivity index (χ1v) is 7.28. The molecule has 2 aliphatic heterocycles. The highest BCUT2D eigenvalue weighted by Gasteiger charge is 2.30. The van der Waals surface area contributed by atoms with Crippen molar-refractivity contribution in [2.24, 2.45) is 0 Å². The molecule has 5 heteroatoms. The van der Waals surface area contributed by atoms with Crippen LogP contribution in [-0.4, -0.2) is 48.1 Å². The fourth-order valence-corrected chi connectivity index (χ4v) is 2.87. The first-order valence-electron chi connectivity index (χ1n) is 7.28. The Morgan fingerprint density at radius 3 is 2.68 bits per heavy atom. The number of hydrogen-bond acceptors (Lipinski definition) is 3. The van der Waals surface area contributed by atoms with Crippen LogP contribution in [0.3, 0.4) is 0 Å². The Balaban J connectivity index is 0.00000180. The van der Waals surface area contributed by atoms with Crippen molar-refractivity contribution in [1.82, 2.24) is 15.5 Å². The van der Waals surface area contributed by atoms with Gasteiger partial charge < -0.3 is 10.6 Å². The summed E-state index contributed by atoms with van der Waals surface area (Å²) in [5, 5.41) is 6.76. The second kappa shape index (κ2) is 6.91. The number of nitrogens with one attached hydrogen (secondary N) is 2. The lowest BCUT2D eigenvalue weighted by molar-refractivity contribution is -0.123. The van der Waals surface area contributed by atoms with E-state index in [1.54, 1.807) is 0 Å². The third-order valence-electron chi connectivity index (χ3n) is 4.34. The summed E-state index contributed by atoms with van der Waals surface area (Å²) in [4.78, 5) is 14.3. The van der Waals surface area contributed by atoms with E-state index in [1.165, 1.54) is 19.3 Å². The van der Waals surface area contributed by atoms with Crippen LogP contribution in [0.5, 0.6) is 0 Å². The summed E-state index contributed by atoms with van der Waals surface area (Å²) in [6.45, 7) is 8.89. The minimum Gasteiger partial charge on any atom is -0.350 e. The molecule has 112 valence electrons. The smallest absolute Gasteiger partial charge is 0.234 e. The Hall–Kier alpha value is -0.320. The zero-order valence-corrected chi connectivity index (χ0v) is 13.2. The van der Waals surface area contributed by atoms with Crippen molar-refractivity contribution in [1.29, 1.82) is 0 Å². The Kier molecular flexibility index (Phi) is 6.09. The molecule has 1 amide bonds. The summed E-state index contributed by atoms with van der Waals surface area (Å²) in [7, 11) is 0. The lowest BCUT2D eigenvalue weighted by Gasteiger charge is -2.28. The molecule has 0 aromatic heterocycles. The van der Waals surface area contributed by atoms with Gasteiger partial charge in [0.25, 0.3) is 0 Å². The third kappa shape index (κ3) is 4.93. The van der Waals surface area contributed by atoms with E-state index in [0.717, 1.165) is 19.5 Å². The highest BCUT2D eigenvalue weighted by atomic mass is 35.5. The first-order chi connectivity index (χ1) is 8.48. The number of fused-ring (bicyclic) bond motifs is 2. The number of likely N-dealkylation sites (tertiary alicyclic amines) is 1. The van der Waals surface area contributed by atoms with Crippen LogP contribution in [0.4, 0.5) is 0 Å². The van der Waals surface area contributed by atoms with Crippen molar-refractivity contribution in [3.05, 3.63) is 0 Å². The van der Waals surface area contributed by atoms with E-state index in [9.17, 15) is 4.79 Å². The Morgan fingerprint density at radius 2 is 2.00 bits per heavy atom. The van der Waals surface area contributed by atoms with Gasteiger partial charge in [-0.05, 0) is 39.5 Å². The number of carbonyl (C=O) groups excluding carboxylic acids is 1. The number of halogens is 1. The van der Waals surface area contributed by atoms with Crippen LogP contribution in [0, 0.1) is 0 Å². The molecule has 2 saturated heterocycles. The first kappa shape index (κ1) is 16.7. The van der Waals surface area contributed by atoms with E-state index < -0.39 is 0 Å². The fraction of sp³-hybridized carbons (Fsp3) is 0.929. The Morgan fingerprint density at radius 1 is 1.32 bits per heavy atom. The van der Waals surface area contributed by atoms with E-state index in [4.69, 9.17) is 0 Å². The molecule has 2 rings (SSSR count). The van der Waals surface area contributed by atoms with E-state index in [2.05, 4.69) is 36.3 Å². The molecule has 2 unspecified atom stereocenters. The molecule has 0 radical (unpaired) electrons. The number of nitrogens with zero attached hydrogens (tertiary/aromatic N) is 1. The molecule has 0 spiro atoms. The number of hydrogen-bond donors (Lipinski definition) is 2. The van der Waals surface area contributed by atoms with Crippen molar-refractivity contribution in [3.63, 3.8) is 0 Å². The topological polar surface area (TPSA) is 44.4 Å². The second-order valence-electron chi connectivity index (χ2n) is 6.45. The average molecular weight is 290 g/mol. The van der Waals surface area contributed by atoms with E-state index in [0.29, 0.717) is 18.6 Å². The molecule has 2 atom stereocenters. The van der Waals surface area contributed by atoms with Gasteiger partial charge in [-0.3, -0.25) is 9.69 Å². The highest BCUT2D eigenvalue weighted by Crippen LogP contribution is 2.20. The van der Waals surface area contributed by atoms with Gasteiger partial charge in [-0.15, -0.1) is 12.4 Å². The van der Waals surface area contributed by atoms with Gasteiger partial charge in [0.15, 0.2) is 0 Å². The molecular weight excluding hydrogens is 262 g/mol. The highest BCUT2D eigenvalue weighted by molar-refractivity contribution is 5.85. The van der Waals surface area contributed by atoms with Crippen LogP contribution in [0.2, 0.25) is 0 Å². The summed E-state index contributed by atoms with van der Waals surface area (Å²) < 4.78 is 0. The van der Waals surface area contributed by atoms with Gasteiger partial charge in [0.1, 0.15) is 0 Å². The molecule has 2 bridgehead atoms. The Bertz CT molecular complexity index is 309. The van der Waals surface area contributed by atoms with Gasteiger partial charge in [0, 0.05) is 30.7 Å². The van der Waals surface area contributed by atoms with Gasteiger partial charge in [-0.2, -0.15) is 0 Å². The van der Waals surface area contributed by atoms with Crippen LogP contribution in [0.1, 0.15) is 46.5 Å². The number of rotatable bonds is 4. The lowest BCUT2D eigenvalue weighted by Crippen LogP contribution is -2.48. The predicted octanol–water partition coefficient (Wildman–Crippen LogP) is 1.54. The largest absolute Gasteiger partial charge is 0.350 e. The molecular formula is C14H28ClN3O. The third-order valence-corrected chi connectivity index (χ3v) is 4.34. The predicted molar refractivity (Wildman–Crippen MR) is 80.8 cm³/mol. The van der Waals surface area contributed by atoms with Crippen molar-refractivity contribution in [3.8, 4) is 0 Å². The second-order valence-corrected chi connectivity index (χ2v) is 6.45. The average Bonchev–Trinajstić information content (AvgIpc) is 2.62. The molecule has 2 fully saturated rings. The van der Waals surface area contributed by atoms with Crippen LogP contribution < -0.4 is 10.6 Å². The maximum absolute atomic E-state index is 12.0. The summed E-state index contributed by atoms with van der Waals surface area (Å²) in [5.74, 6) is 0.166. The quantitative estimate of drug-likeness (QED) is 0.825. The van der Waals surface area contributed by atoms with Gasteiger partial charge in [0.2, 0.25) is 5.91 Å². The van der Waals surface area contributed by atoms with Gasteiger partial charge >= 0.3 is 0 Å². The standard InChI is InChI=1S/C14H27N3O.ClH/c1-4-14(2,3)16-13(18)10-17-8-7-11-5-6-12(9-17)15-11;/h11-12,15H,4-10H2,1-3H3,(H,16,18);1H. The molecule has 0 aromatic carbocycles. The summed E-state index contributed by atoms with van der Waals surface area (Å²) in [6.07, 6.45) is 4.72. The van der Waals surface area contributed by atoms with E-state index in [1.807, 2.05) is 0 Å². The van der Waals surface area contributed by atoms with Crippen LogP contribution in [0.25, 0.3) is 0 Å². The zero-order valence-electron chi connectivity index (χ0n) is 12.4. The van der Waals surface area contributed by atoms with Crippen molar-refractivity contribution < 1.29 is 4.79 Å². The minimum atomic E-state index is -0.0831. The van der Waals surface area contributed by atoms with E-state index in [-0.39, 0.29) is 23.9 Å². The normalized spacial score (nSPS) is 27.5. The Labute approximate surface area is 123 Å². The van der Waals surface area contributed by atoms with Gasteiger partial charge in [-0.25, -0.2) is 0 Å². The van der Waals surface area contributed by atoms with Crippen molar-refractivity contribution in [2.75, 3.05) is 19.6 Å². The molecule has 2 heterocycles. The molecule has 4 nitrogen and oxygen atoms in total. The summed E-state index contributed by atoms with van der Waals surface area (Å²) in [5.41, 5.74) is -0.0831. The van der Waals surface area contributed by atoms with Gasteiger partial charge in [0.05, 0.1) is 6.54 Å². The monoisotopic (exact) mass is 289 g/mol. The van der Waals surface area contributed by atoms with Crippen LogP contribution >= 0.6 is 12.4 Å². The lowest BCUT2D eigenvalue weighted by atomic mass is 10.0. The van der Waals surface area contributed by atoms with Crippen molar-refractivity contribution in [2.45, 2.75) is 64.1 Å². The molecule has 0 saturated carbocycles. The van der Waals surface area contributed by atoms with Gasteiger partial charge in [-0.1, -0.05) is 6.92 Å². The van der Waals surface area contributed by atoms with Crippen LogP contribution in [-0.2, 0) is 4.79 Å². The minimum absolute atomic E-state index is 0. The van der Waals surface area contributed by atoms with Crippen LogP contribution in [0.15, 0.2) is 0 Å². The molecule has 2 N–H and O–H groups in total. The fourth-order valence-electron chi connectivity index (χ4n) is 2.87. The number of carbonyl (C=O) groups is 1. The SMILES string of the molecule is CCC(C)(C)NC(=O)CN1CCC2CCC(C1)N2.Cl. The zero-order chi connectivity index (χ0) is 13.2. The maximum Gasteiger partial charge on any atom is 0.234 e. The van der Waals surface area contributed by atoms with Crippen molar-refractivity contribution >= 4 is 18.3 Å². The number of amides is 1. The molecule has 19 heavy (non-hydrogen) atoms. The maximum atomic E-state index is 12.0. The molecule has 2 aliphatic rings. The van der Waals surface area contributed by atoms with E-state index >= 15 is 0 Å². The molecule has 0 aliphatic carbocycles.